The van der Waals surface area contributed by atoms with E-state index in [9.17, 15) is 14.7 Å². The molecule has 0 amide bonds. The monoisotopic (exact) mass is 340 g/mol. The van der Waals surface area contributed by atoms with Gasteiger partial charge in [-0.3, -0.25) is 9.59 Å². The first-order chi connectivity index (χ1) is 11.1. The lowest BCUT2D eigenvalue weighted by molar-refractivity contribution is -0.150. The number of hydrogen-bond acceptors (Lipinski definition) is 4. The zero-order chi connectivity index (χ0) is 18.3. The van der Waals surface area contributed by atoms with E-state index < -0.39 is 17.5 Å². The molecular weight excluding hydrogens is 304 g/mol. The van der Waals surface area contributed by atoms with Gasteiger partial charge in [0.1, 0.15) is 5.78 Å². The maximum atomic E-state index is 12.8. The Hall–Kier alpha value is -0.900. The quantitative estimate of drug-likeness (QED) is 0.673. The Morgan fingerprint density at radius 3 is 2.25 bits per heavy atom. The van der Waals surface area contributed by atoms with Gasteiger partial charge >= 0.3 is 5.97 Å². The van der Waals surface area contributed by atoms with E-state index in [1.165, 1.54) is 12.8 Å². The highest BCUT2D eigenvalue weighted by molar-refractivity contribution is 5.87. The van der Waals surface area contributed by atoms with Crippen molar-refractivity contribution in [1.82, 2.24) is 0 Å². The minimum atomic E-state index is -0.998. The second kappa shape index (κ2) is 9.55. The van der Waals surface area contributed by atoms with Crippen molar-refractivity contribution in [3.63, 3.8) is 0 Å². The van der Waals surface area contributed by atoms with Crippen molar-refractivity contribution in [2.45, 2.75) is 85.7 Å². The minimum absolute atomic E-state index is 0.0371. The molecule has 0 saturated carbocycles. The minimum Gasteiger partial charge on any atom is -0.466 e. The van der Waals surface area contributed by atoms with Crippen molar-refractivity contribution in [1.29, 1.82) is 0 Å². The van der Waals surface area contributed by atoms with E-state index >= 15 is 0 Å². The lowest BCUT2D eigenvalue weighted by Gasteiger charge is -2.32. The van der Waals surface area contributed by atoms with Crippen LogP contribution in [0.15, 0.2) is 0 Å². The van der Waals surface area contributed by atoms with Gasteiger partial charge < -0.3 is 9.84 Å². The number of aliphatic hydroxyl groups excluding tert-OH is 1. The van der Waals surface area contributed by atoms with Crippen molar-refractivity contribution in [2.75, 3.05) is 6.61 Å². The summed E-state index contributed by atoms with van der Waals surface area (Å²) in [6.45, 7) is 10.3. The molecule has 0 aromatic heterocycles. The van der Waals surface area contributed by atoms with Crippen molar-refractivity contribution in [2.24, 2.45) is 23.2 Å². The lowest BCUT2D eigenvalue weighted by Crippen LogP contribution is -2.42. The SMILES string of the molecule is CC1CCCOC(=O)CC(O)C(C)(C)C(=O)C(C)CC(C)CCC1. The Bertz CT molecular complexity index is 416. The molecule has 140 valence electrons. The fourth-order valence-electron chi connectivity index (χ4n) is 3.68. The average molecular weight is 341 g/mol. The molecule has 0 aliphatic carbocycles. The van der Waals surface area contributed by atoms with Crippen LogP contribution in [0.4, 0.5) is 0 Å². The standard InChI is InChI=1S/C20H36O4/c1-14-8-6-9-15(2)12-16(3)19(23)20(4,5)17(21)13-18(22)24-11-7-10-14/h14-17,21H,6-13H2,1-5H3. The molecule has 0 aromatic rings. The first-order valence-corrected chi connectivity index (χ1v) is 9.52. The topological polar surface area (TPSA) is 63.6 Å². The molecule has 0 aromatic carbocycles. The number of cyclic esters (lactones) is 1. The van der Waals surface area contributed by atoms with Crippen molar-refractivity contribution < 1.29 is 19.4 Å². The Balaban J connectivity index is 2.80. The van der Waals surface area contributed by atoms with Crippen LogP contribution in [0.2, 0.25) is 0 Å². The summed E-state index contributed by atoms with van der Waals surface area (Å²) in [5.74, 6) is 0.652. The van der Waals surface area contributed by atoms with Gasteiger partial charge in [0.05, 0.1) is 24.5 Å². The Morgan fingerprint density at radius 1 is 1.00 bits per heavy atom. The van der Waals surface area contributed by atoms with Crippen molar-refractivity contribution in [3.8, 4) is 0 Å². The molecular formula is C20H36O4. The van der Waals surface area contributed by atoms with E-state index in [-0.39, 0.29) is 18.1 Å². The van der Waals surface area contributed by atoms with Crippen LogP contribution < -0.4 is 0 Å². The number of Topliss-reactive ketones (excluding diaryl/α,β-unsaturated/α-hetero) is 1. The van der Waals surface area contributed by atoms with Gasteiger partial charge in [-0.1, -0.05) is 53.9 Å². The number of carbonyl (C=O) groups is 2. The van der Waals surface area contributed by atoms with Gasteiger partial charge in [0.15, 0.2) is 0 Å². The van der Waals surface area contributed by atoms with E-state index in [0.717, 1.165) is 25.7 Å². The van der Waals surface area contributed by atoms with Gasteiger partial charge in [0, 0.05) is 5.92 Å². The lowest BCUT2D eigenvalue weighted by atomic mass is 9.74. The van der Waals surface area contributed by atoms with E-state index in [4.69, 9.17) is 4.74 Å². The van der Waals surface area contributed by atoms with Gasteiger partial charge in [0.2, 0.25) is 0 Å². The predicted octanol–water partition coefficient (Wildman–Crippen LogP) is 4.14. The molecule has 0 radical (unpaired) electrons. The summed E-state index contributed by atoms with van der Waals surface area (Å²) in [5.41, 5.74) is -0.927. The largest absolute Gasteiger partial charge is 0.466 e. The molecule has 1 fully saturated rings. The number of ether oxygens (including phenoxy) is 1. The summed E-state index contributed by atoms with van der Waals surface area (Å²) in [6.07, 6.45) is 5.15. The normalized spacial score (nSPS) is 34.6. The Labute approximate surface area is 147 Å². The highest BCUT2D eigenvalue weighted by atomic mass is 16.5. The second-order valence-electron chi connectivity index (χ2n) is 8.45. The third-order valence-electron chi connectivity index (χ3n) is 5.53. The molecule has 0 spiro atoms. The van der Waals surface area contributed by atoms with Crippen molar-refractivity contribution >= 4 is 11.8 Å². The van der Waals surface area contributed by atoms with Crippen molar-refractivity contribution in [3.05, 3.63) is 0 Å². The Morgan fingerprint density at radius 2 is 1.58 bits per heavy atom. The van der Waals surface area contributed by atoms with E-state index in [0.29, 0.717) is 18.4 Å². The number of rotatable bonds is 0. The van der Waals surface area contributed by atoms with Gasteiger partial charge in [-0.15, -0.1) is 0 Å². The summed E-state index contributed by atoms with van der Waals surface area (Å²) in [7, 11) is 0. The maximum absolute atomic E-state index is 12.8. The number of aliphatic hydroxyl groups is 1. The molecule has 1 rings (SSSR count). The molecule has 0 bridgehead atoms. The van der Waals surface area contributed by atoms with E-state index in [1.54, 1.807) is 13.8 Å². The zero-order valence-corrected chi connectivity index (χ0v) is 16.1. The van der Waals surface area contributed by atoms with E-state index in [1.807, 2.05) is 6.92 Å². The summed E-state index contributed by atoms with van der Waals surface area (Å²) in [6, 6.07) is 0. The van der Waals surface area contributed by atoms with Gasteiger partial charge in [-0.05, 0) is 31.1 Å². The summed E-state index contributed by atoms with van der Waals surface area (Å²) < 4.78 is 5.22. The van der Waals surface area contributed by atoms with Crippen LogP contribution in [0.1, 0.15) is 79.6 Å². The highest BCUT2D eigenvalue weighted by Crippen LogP contribution is 2.31. The number of ketones is 1. The number of carbonyl (C=O) groups excluding carboxylic acids is 2. The fourth-order valence-corrected chi connectivity index (χ4v) is 3.68. The first-order valence-electron chi connectivity index (χ1n) is 9.52. The summed E-state index contributed by atoms with van der Waals surface area (Å²) in [4.78, 5) is 24.7. The van der Waals surface area contributed by atoms with Crippen LogP contribution in [0, 0.1) is 23.2 Å². The smallest absolute Gasteiger partial charge is 0.308 e. The molecule has 1 saturated heterocycles. The highest BCUT2D eigenvalue weighted by Gasteiger charge is 2.39. The van der Waals surface area contributed by atoms with Crippen LogP contribution >= 0.6 is 0 Å². The second-order valence-corrected chi connectivity index (χ2v) is 8.45. The van der Waals surface area contributed by atoms with Crippen LogP contribution in [0.25, 0.3) is 0 Å². The number of esters is 1. The van der Waals surface area contributed by atoms with Crippen LogP contribution in [0.5, 0.6) is 0 Å². The summed E-state index contributed by atoms with van der Waals surface area (Å²) in [5, 5.41) is 10.4. The maximum Gasteiger partial charge on any atom is 0.308 e. The predicted molar refractivity (Wildman–Crippen MR) is 95.6 cm³/mol. The zero-order valence-electron chi connectivity index (χ0n) is 16.1. The fraction of sp³-hybridized carbons (Fsp3) is 0.900. The molecule has 4 nitrogen and oxygen atoms in total. The molecule has 1 aliphatic heterocycles. The third kappa shape index (κ3) is 6.54. The van der Waals surface area contributed by atoms with Crippen LogP contribution in [-0.2, 0) is 14.3 Å². The molecule has 1 N–H and O–H groups in total. The summed E-state index contributed by atoms with van der Waals surface area (Å²) >= 11 is 0. The molecule has 4 atom stereocenters. The average Bonchev–Trinajstić information content (AvgIpc) is 2.49. The third-order valence-corrected chi connectivity index (χ3v) is 5.53. The van der Waals surface area contributed by atoms with E-state index in [2.05, 4.69) is 13.8 Å². The van der Waals surface area contributed by atoms with Crippen LogP contribution in [0.3, 0.4) is 0 Å². The number of hydrogen-bond donors (Lipinski definition) is 1. The molecule has 1 aliphatic rings. The Kier molecular flexibility index (Phi) is 8.41. The van der Waals surface area contributed by atoms with Gasteiger partial charge in [0.25, 0.3) is 0 Å². The van der Waals surface area contributed by atoms with Crippen LogP contribution in [-0.4, -0.2) is 29.6 Å². The molecule has 4 unspecified atom stereocenters. The molecule has 24 heavy (non-hydrogen) atoms. The molecule has 1 heterocycles. The first kappa shape index (κ1) is 21.1. The van der Waals surface area contributed by atoms with Gasteiger partial charge in [-0.25, -0.2) is 0 Å². The van der Waals surface area contributed by atoms with Gasteiger partial charge in [-0.2, -0.15) is 0 Å². The molecule has 4 heteroatoms.